The maximum absolute atomic E-state index is 11.9. The zero-order valence-corrected chi connectivity index (χ0v) is 11.3. The van der Waals surface area contributed by atoms with Gasteiger partial charge in [-0.05, 0) is 12.1 Å². The highest BCUT2D eigenvalue weighted by molar-refractivity contribution is 5.89. The Hall–Kier alpha value is -2.64. The molecule has 21 heavy (non-hydrogen) atoms. The Bertz CT molecular complexity index is 571. The molecule has 8 nitrogen and oxygen atoms in total. The number of hydrogen-bond acceptors (Lipinski definition) is 5. The van der Waals surface area contributed by atoms with Gasteiger partial charge in [0.25, 0.3) is 5.69 Å². The van der Waals surface area contributed by atoms with Crippen LogP contribution >= 0.6 is 0 Å². The van der Waals surface area contributed by atoms with E-state index in [1.165, 1.54) is 29.2 Å². The molecule has 1 saturated heterocycles. The van der Waals surface area contributed by atoms with Crippen molar-refractivity contribution in [3.8, 4) is 0 Å². The van der Waals surface area contributed by atoms with E-state index in [1.807, 2.05) is 0 Å². The Morgan fingerprint density at radius 3 is 2.43 bits per heavy atom. The van der Waals surface area contributed by atoms with E-state index in [4.69, 9.17) is 9.84 Å². The molecule has 1 aromatic rings. The summed E-state index contributed by atoms with van der Waals surface area (Å²) in [5.41, 5.74) is 0.0828. The second-order valence-corrected chi connectivity index (χ2v) is 4.91. The van der Waals surface area contributed by atoms with Gasteiger partial charge in [-0.2, -0.15) is 0 Å². The topological polar surface area (TPSA) is 110 Å². The lowest BCUT2D eigenvalue weighted by Crippen LogP contribution is -2.29. The fraction of sp³-hybridized carbons (Fsp3) is 0.385. The summed E-state index contributed by atoms with van der Waals surface area (Å²) in [5, 5.41) is 19.4. The first-order chi connectivity index (χ1) is 9.88. The Labute approximate surface area is 120 Å². The molecule has 2 rings (SSSR count). The van der Waals surface area contributed by atoms with E-state index < -0.39 is 23.1 Å². The van der Waals surface area contributed by atoms with E-state index in [9.17, 15) is 19.7 Å². The number of nitro groups is 1. The summed E-state index contributed by atoms with van der Waals surface area (Å²) in [6, 6.07) is 5.07. The minimum Gasteiger partial charge on any atom is -0.465 e. The van der Waals surface area contributed by atoms with Crippen molar-refractivity contribution in [2.45, 2.75) is 13.0 Å². The van der Waals surface area contributed by atoms with Crippen molar-refractivity contribution >= 4 is 17.7 Å². The van der Waals surface area contributed by atoms with E-state index in [0.717, 1.165) is 0 Å². The fourth-order valence-corrected chi connectivity index (χ4v) is 2.17. The van der Waals surface area contributed by atoms with Gasteiger partial charge in [-0.1, -0.05) is 6.92 Å². The molecule has 1 fully saturated rings. The van der Waals surface area contributed by atoms with Gasteiger partial charge in [0, 0.05) is 24.6 Å². The average molecular weight is 294 g/mol. The Kier molecular flexibility index (Phi) is 4.06. The number of hydrogen-bond donors (Lipinski definition) is 1. The number of carbonyl (C=O) groups excluding carboxylic acids is 1. The summed E-state index contributed by atoms with van der Waals surface area (Å²) in [7, 11) is 0. The predicted molar refractivity (Wildman–Crippen MR) is 71.1 cm³/mol. The molecule has 0 radical (unpaired) electrons. The molecule has 2 atom stereocenters. The number of benzene rings is 1. The number of nitro benzene ring substituents is 1. The minimum absolute atomic E-state index is 0.0944. The average Bonchev–Trinajstić information content (AvgIpc) is 2.80. The third kappa shape index (κ3) is 3.28. The van der Waals surface area contributed by atoms with Crippen LogP contribution in [0.4, 0.5) is 10.5 Å². The van der Waals surface area contributed by atoms with Crippen molar-refractivity contribution in [2.24, 2.45) is 5.92 Å². The molecular weight excluding hydrogens is 280 g/mol. The Morgan fingerprint density at radius 2 is 1.95 bits per heavy atom. The molecule has 1 aliphatic rings. The highest BCUT2D eigenvalue weighted by atomic mass is 16.6. The smallest absolute Gasteiger partial charge is 0.407 e. The van der Waals surface area contributed by atoms with Crippen LogP contribution < -0.4 is 0 Å². The molecule has 1 heterocycles. The third-order valence-corrected chi connectivity index (χ3v) is 3.39. The normalized spacial score (nSPS) is 21.1. The van der Waals surface area contributed by atoms with Crippen LogP contribution in [0.5, 0.6) is 0 Å². The summed E-state index contributed by atoms with van der Waals surface area (Å²) in [4.78, 5) is 34.0. The van der Waals surface area contributed by atoms with Crippen molar-refractivity contribution in [3.63, 3.8) is 0 Å². The van der Waals surface area contributed by atoms with E-state index in [0.29, 0.717) is 6.54 Å². The number of carbonyl (C=O) groups is 2. The number of ether oxygens (including phenoxy) is 1. The SMILES string of the molecule is C[C@@H]1CN(C(=O)O)C[C@@H]1OC(=O)c1ccc([N+](=O)[O-])cc1. The molecule has 0 aliphatic carbocycles. The van der Waals surface area contributed by atoms with Gasteiger partial charge in [0.15, 0.2) is 0 Å². The lowest BCUT2D eigenvalue weighted by Gasteiger charge is -2.15. The molecule has 0 aromatic heterocycles. The number of rotatable bonds is 3. The largest absolute Gasteiger partial charge is 0.465 e. The Balaban J connectivity index is 2.01. The van der Waals surface area contributed by atoms with Crippen molar-refractivity contribution in [3.05, 3.63) is 39.9 Å². The van der Waals surface area contributed by atoms with Crippen LogP contribution in [0, 0.1) is 16.0 Å². The summed E-state index contributed by atoms with van der Waals surface area (Å²) >= 11 is 0. The fourth-order valence-electron chi connectivity index (χ4n) is 2.17. The van der Waals surface area contributed by atoms with Gasteiger partial charge >= 0.3 is 12.1 Å². The first kappa shape index (κ1) is 14.8. The second-order valence-electron chi connectivity index (χ2n) is 4.91. The van der Waals surface area contributed by atoms with Crippen molar-refractivity contribution in [1.29, 1.82) is 0 Å². The standard InChI is InChI=1S/C13H14N2O6/c1-8-6-14(13(17)18)7-11(8)21-12(16)9-2-4-10(5-3-9)15(19)20/h2-5,8,11H,6-7H2,1H3,(H,17,18)/t8-,11+/m1/s1. The summed E-state index contributed by atoms with van der Waals surface area (Å²) in [5.74, 6) is -0.711. The quantitative estimate of drug-likeness (QED) is 0.516. The number of carboxylic acid groups (broad SMARTS) is 1. The van der Waals surface area contributed by atoms with E-state index in [1.54, 1.807) is 6.92 Å². The number of amides is 1. The highest BCUT2D eigenvalue weighted by Gasteiger charge is 2.35. The third-order valence-electron chi connectivity index (χ3n) is 3.39. The van der Waals surface area contributed by atoms with E-state index in [-0.39, 0.29) is 23.7 Å². The van der Waals surface area contributed by atoms with Gasteiger partial charge in [-0.25, -0.2) is 9.59 Å². The van der Waals surface area contributed by atoms with Crippen LogP contribution in [0.1, 0.15) is 17.3 Å². The molecule has 0 unspecified atom stereocenters. The number of nitrogens with zero attached hydrogens (tertiary/aromatic N) is 2. The molecule has 112 valence electrons. The van der Waals surface area contributed by atoms with Gasteiger partial charge in [0.2, 0.25) is 0 Å². The molecular formula is C13H14N2O6. The van der Waals surface area contributed by atoms with Crippen molar-refractivity contribution < 1.29 is 24.4 Å². The molecule has 1 N–H and O–H groups in total. The van der Waals surface area contributed by atoms with Crippen molar-refractivity contribution in [1.82, 2.24) is 4.90 Å². The van der Waals surface area contributed by atoms with Crippen LogP contribution in [0.25, 0.3) is 0 Å². The van der Waals surface area contributed by atoms with Gasteiger partial charge in [-0.3, -0.25) is 10.1 Å². The maximum Gasteiger partial charge on any atom is 0.407 e. The lowest BCUT2D eigenvalue weighted by atomic mass is 10.1. The molecule has 1 aliphatic heterocycles. The summed E-state index contributed by atoms with van der Waals surface area (Å²) in [6.07, 6.45) is -1.56. The first-order valence-electron chi connectivity index (χ1n) is 6.32. The molecule has 1 aromatic carbocycles. The molecule has 8 heteroatoms. The monoisotopic (exact) mass is 294 g/mol. The van der Waals surface area contributed by atoms with Crippen LogP contribution in [0.3, 0.4) is 0 Å². The summed E-state index contributed by atoms with van der Waals surface area (Å²) < 4.78 is 5.28. The highest BCUT2D eigenvalue weighted by Crippen LogP contribution is 2.21. The maximum atomic E-state index is 11.9. The first-order valence-corrected chi connectivity index (χ1v) is 6.32. The number of likely N-dealkylation sites (tertiary alicyclic amines) is 1. The number of non-ortho nitro benzene ring substituents is 1. The molecule has 1 amide bonds. The van der Waals surface area contributed by atoms with Crippen LogP contribution in [0.2, 0.25) is 0 Å². The van der Waals surface area contributed by atoms with Crippen LogP contribution in [-0.4, -0.2) is 46.2 Å². The van der Waals surface area contributed by atoms with Gasteiger partial charge in [0.1, 0.15) is 6.10 Å². The zero-order valence-electron chi connectivity index (χ0n) is 11.3. The number of esters is 1. The van der Waals surface area contributed by atoms with Crippen molar-refractivity contribution in [2.75, 3.05) is 13.1 Å². The van der Waals surface area contributed by atoms with Gasteiger partial charge in [0.05, 0.1) is 17.0 Å². The van der Waals surface area contributed by atoms with Crippen LogP contribution in [-0.2, 0) is 4.74 Å². The van der Waals surface area contributed by atoms with Crippen LogP contribution in [0.15, 0.2) is 24.3 Å². The van der Waals surface area contributed by atoms with Gasteiger partial charge < -0.3 is 14.7 Å². The molecule has 0 spiro atoms. The zero-order chi connectivity index (χ0) is 15.6. The molecule has 0 saturated carbocycles. The predicted octanol–water partition coefficient (Wildman–Crippen LogP) is 1.75. The summed E-state index contributed by atoms with van der Waals surface area (Å²) in [6.45, 7) is 2.25. The second kappa shape index (κ2) is 5.78. The van der Waals surface area contributed by atoms with E-state index >= 15 is 0 Å². The minimum atomic E-state index is -1.05. The molecule has 0 bridgehead atoms. The lowest BCUT2D eigenvalue weighted by molar-refractivity contribution is -0.384. The Morgan fingerprint density at radius 1 is 1.33 bits per heavy atom. The van der Waals surface area contributed by atoms with E-state index in [2.05, 4.69) is 0 Å². The van der Waals surface area contributed by atoms with Gasteiger partial charge in [-0.15, -0.1) is 0 Å².